The molecule has 1 atom stereocenters. The van der Waals surface area contributed by atoms with Crippen molar-refractivity contribution in [2.45, 2.75) is 38.3 Å². The third-order valence-electron chi connectivity index (χ3n) is 5.87. The van der Waals surface area contributed by atoms with E-state index in [-0.39, 0.29) is 22.7 Å². The lowest BCUT2D eigenvalue weighted by atomic mass is 10.1. The van der Waals surface area contributed by atoms with Crippen molar-refractivity contribution in [3.8, 4) is 0 Å². The lowest BCUT2D eigenvalue weighted by Crippen LogP contribution is -2.51. The highest BCUT2D eigenvalue weighted by Gasteiger charge is 2.33. The molecule has 0 aliphatic rings. The Morgan fingerprint density at radius 3 is 2.32 bits per heavy atom. The van der Waals surface area contributed by atoms with Gasteiger partial charge in [-0.15, -0.1) is 0 Å². The number of benzene rings is 3. The Balaban J connectivity index is 2.07. The first-order chi connectivity index (χ1) is 17.6. The Morgan fingerprint density at radius 2 is 1.68 bits per heavy atom. The van der Waals surface area contributed by atoms with Crippen molar-refractivity contribution in [1.29, 1.82) is 0 Å². The summed E-state index contributed by atoms with van der Waals surface area (Å²) in [6, 6.07) is 17.4. The number of sulfonamides is 1. The van der Waals surface area contributed by atoms with E-state index in [2.05, 4.69) is 5.32 Å². The Hall–Kier alpha value is -3.43. The summed E-state index contributed by atoms with van der Waals surface area (Å²) in [6.45, 7) is 4.45. The number of rotatable bonds is 10. The zero-order chi connectivity index (χ0) is 27.2. The van der Waals surface area contributed by atoms with E-state index < -0.39 is 40.2 Å². The third kappa shape index (κ3) is 6.67. The second kappa shape index (κ2) is 12.2. The highest BCUT2D eigenvalue weighted by Crippen LogP contribution is 2.30. The van der Waals surface area contributed by atoms with Gasteiger partial charge in [0.15, 0.2) is 0 Å². The molecule has 0 radical (unpaired) electrons. The number of nitrogens with one attached hydrogen (secondary N) is 1. The number of nitrogens with zero attached hydrogens (tertiary/aromatic N) is 2. The molecule has 1 N–H and O–H groups in total. The molecule has 0 aliphatic carbocycles. The van der Waals surface area contributed by atoms with E-state index in [0.29, 0.717) is 17.1 Å². The van der Waals surface area contributed by atoms with E-state index in [1.54, 1.807) is 50.2 Å². The summed E-state index contributed by atoms with van der Waals surface area (Å²) in [4.78, 5) is 27.6. The van der Waals surface area contributed by atoms with Gasteiger partial charge in [-0.05, 0) is 56.7 Å². The average molecular weight is 546 g/mol. The number of carbonyl (C=O) groups is 2. The SMILES string of the molecule is CCNC(=O)[C@@H](C)N(Cc1ccccc1F)C(=O)CN(c1cc(Cl)ccc1C)S(=O)(=O)c1ccccc1. The summed E-state index contributed by atoms with van der Waals surface area (Å²) in [5.74, 6) is -1.66. The van der Waals surface area contributed by atoms with Crippen LogP contribution in [-0.4, -0.2) is 44.3 Å². The molecule has 0 aromatic heterocycles. The fraction of sp³-hybridized carbons (Fsp3) is 0.259. The predicted molar refractivity (Wildman–Crippen MR) is 142 cm³/mol. The molecule has 0 bridgehead atoms. The Morgan fingerprint density at radius 1 is 1.03 bits per heavy atom. The number of carbonyl (C=O) groups excluding carboxylic acids is 2. The van der Waals surface area contributed by atoms with Gasteiger partial charge >= 0.3 is 0 Å². The second-order valence-corrected chi connectivity index (χ2v) is 10.7. The fourth-order valence-electron chi connectivity index (χ4n) is 3.80. The number of aryl methyl sites for hydroxylation is 1. The lowest BCUT2D eigenvalue weighted by Gasteiger charge is -2.32. The van der Waals surface area contributed by atoms with E-state index in [1.807, 2.05) is 0 Å². The predicted octanol–water partition coefficient (Wildman–Crippen LogP) is 4.54. The summed E-state index contributed by atoms with van der Waals surface area (Å²) in [5.41, 5.74) is 0.999. The van der Waals surface area contributed by atoms with Crippen LogP contribution >= 0.6 is 11.6 Å². The van der Waals surface area contributed by atoms with Gasteiger partial charge in [0.05, 0.1) is 10.6 Å². The van der Waals surface area contributed by atoms with Gasteiger partial charge in [-0.1, -0.05) is 54.1 Å². The number of anilines is 1. The van der Waals surface area contributed by atoms with E-state index in [0.717, 1.165) is 4.31 Å². The van der Waals surface area contributed by atoms with Gasteiger partial charge in [-0.3, -0.25) is 13.9 Å². The molecule has 0 aliphatic heterocycles. The number of hydrogen-bond acceptors (Lipinski definition) is 4. The highest BCUT2D eigenvalue weighted by atomic mass is 35.5. The minimum absolute atomic E-state index is 0.0143. The fourth-order valence-corrected chi connectivity index (χ4v) is 5.46. The van der Waals surface area contributed by atoms with Crippen LogP contribution in [0.15, 0.2) is 77.7 Å². The first-order valence-electron chi connectivity index (χ1n) is 11.7. The van der Waals surface area contributed by atoms with Crippen molar-refractivity contribution in [2.75, 3.05) is 17.4 Å². The zero-order valence-electron chi connectivity index (χ0n) is 20.8. The molecule has 37 heavy (non-hydrogen) atoms. The Labute approximate surface area is 221 Å². The Kier molecular flexibility index (Phi) is 9.29. The molecule has 0 heterocycles. The molecule has 3 aromatic carbocycles. The maximum atomic E-state index is 14.5. The van der Waals surface area contributed by atoms with Crippen molar-refractivity contribution in [2.24, 2.45) is 0 Å². The molecule has 7 nitrogen and oxygen atoms in total. The zero-order valence-corrected chi connectivity index (χ0v) is 22.4. The molecule has 3 rings (SSSR count). The van der Waals surface area contributed by atoms with Crippen LogP contribution in [0.3, 0.4) is 0 Å². The van der Waals surface area contributed by atoms with Crippen LogP contribution in [0.4, 0.5) is 10.1 Å². The quantitative estimate of drug-likeness (QED) is 0.405. The van der Waals surface area contributed by atoms with Crippen LogP contribution in [0.5, 0.6) is 0 Å². The van der Waals surface area contributed by atoms with E-state index in [4.69, 9.17) is 11.6 Å². The molecule has 10 heteroatoms. The van der Waals surface area contributed by atoms with Crippen LogP contribution in [0.2, 0.25) is 5.02 Å². The van der Waals surface area contributed by atoms with Gasteiger partial charge in [-0.25, -0.2) is 12.8 Å². The van der Waals surface area contributed by atoms with Gasteiger partial charge in [0.25, 0.3) is 10.0 Å². The molecule has 0 saturated carbocycles. The smallest absolute Gasteiger partial charge is 0.264 e. The Bertz CT molecular complexity index is 1370. The normalized spacial score (nSPS) is 12.0. The van der Waals surface area contributed by atoms with Gasteiger partial charge in [-0.2, -0.15) is 0 Å². The number of halogens is 2. The van der Waals surface area contributed by atoms with E-state index in [1.165, 1.54) is 48.2 Å². The number of hydrogen-bond donors (Lipinski definition) is 1. The molecular formula is C27H29ClFN3O4S. The van der Waals surface area contributed by atoms with Crippen LogP contribution in [0.1, 0.15) is 25.0 Å². The first-order valence-corrected chi connectivity index (χ1v) is 13.5. The molecule has 3 aromatic rings. The molecule has 2 amide bonds. The lowest BCUT2D eigenvalue weighted by molar-refractivity contribution is -0.139. The third-order valence-corrected chi connectivity index (χ3v) is 7.88. The summed E-state index contributed by atoms with van der Waals surface area (Å²) in [6.07, 6.45) is 0. The molecule has 0 spiro atoms. The average Bonchev–Trinajstić information content (AvgIpc) is 2.88. The largest absolute Gasteiger partial charge is 0.355 e. The summed E-state index contributed by atoms with van der Waals surface area (Å²) < 4.78 is 43.0. The highest BCUT2D eigenvalue weighted by molar-refractivity contribution is 7.92. The maximum Gasteiger partial charge on any atom is 0.264 e. The van der Waals surface area contributed by atoms with Crippen LogP contribution in [0, 0.1) is 12.7 Å². The standard InChI is InChI=1S/C27H29ClFN3O4S/c1-4-30-27(34)20(3)31(17-21-10-8-9-13-24(21)29)26(33)18-32(25-16-22(28)15-14-19(25)2)37(35,36)23-11-6-5-7-12-23/h5-16,20H,4,17-18H2,1-3H3,(H,30,34)/t20-/m1/s1. The second-order valence-electron chi connectivity index (χ2n) is 8.44. The number of likely N-dealkylation sites (N-methyl/N-ethyl adjacent to an activating group) is 1. The van der Waals surface area contributed by atoms with Crippen molar-refractivity contribution >= 4 is 39.1 Å². The maximum absolute atomic E-state index is 14.5. The van der Waals surface area contributed by atoms with Gasteiger partial charge in [0.1, 0.15) is 18.4 Å². The summed E-state index contributed by atoms with van der Waals surface area (Å²) in [5, 5.41) is 2.95. The van der Waals surface area contributed by atoms with Crippen LogP contribution < -0.4 is 9.62 Å². The van der Waals surface area contributed by atoms with Crippen LogP contribution in [-0.2, 0) is 26.2 Å². The van der Waals surface area contributed by atoms with Crippen molar-refractivity contribution in [1.82, 2.24) is 10.2 Å². The summed E-state index contributed by atoms with van der Waals surface area (Å²) in [7, 11) is -4.21. The minimum Gasteiger partial charge on any atom is -0.355 e. The van der Waals surface area contributed by atoms with Crippen LogP contribution in [0.25, 0.3) is 0 Å². The summed E-state index contributed by atoms with van der Waals surface area (Å²) >= 11 is 6.20. The number of amides is 2. The molecule has 196 valence electrons. The van der Waals surface area contributed by atoms with Crippen molar-refractivity contribution < 1.29 is 22.4 Å². The van der Waals surface area contributed by atoms with E-state index >= 15 is 0 Å². The molecule has 0 unspecified atom stereocenters. The first kappa shape index (κ1) is 28.1. The molecular weight excluding hydrogens is 517 g/mol. The topological polar surface area (TPSA) is 86.8 Å². The van der Waals surface area contributed by atoms with Gasteiger partial charge < -0.3 is 10.2 Å². The van der Waals surface area contributed by atoms with Crippen molar-refractivity contribution in [3.05, 3.63) is 94.8 Å². The monoisotopic (exact) mass is 545 g/mol. The van der Waals surface area contributed by atoms with Crippen molar-refractivity contribution in [3.63, 3.8) is 0 Å². The van der Waals surface area contributed by atoms with Gasteiger partial charge in [0, 0.05) is 23.7 Å². The van der Waals surface area contributed by atoms with Gasteiger partial charge in [0.2, 0.25) is 11.8 Å². The molecule has 0 fully saturated rings. The van der Waals surface area contributed by atoms with E-state index in [9.17, 15) is 22.4 Å². The minimum atomic E-state index is -4.21. The molecule has 0 saturated heterocycles.